The Balaban J connectivity index is 2.83. The highest BCUT2D eigenvalue weighted by Crippen LogP contribution is 2.25. The van der Waals surface area contributed by atoms with E-state index in [2.05, 4.69) is 15.9 Å². The van der Waals surface area contributed by atoms with Crippen LogP contribution in [-0.4, -0.2) is 18.5 Å². The van der Waals surface area contributed by atoms with Crippen LogP contribution in [0, 0.1) is 5.41 Å². The number of carbonyl (C=O) groups is 1. The zero-order valence-electron chi connectivity index (χ0n) is 11.5. The van der Waals surface area contributed by atoms with Gasteiger partial charge in [-0.2, -0.15) is 0 Å². The Labute approximate surface area is 118 Å². The fourth-order valence-corrected chi connectivity index (χ4v) is 2.34. The fourth-order valence-electron chi connectivity index (χ4n) is 1.91. The molecule has 1 unspecified atom stereocenters. The molecule has 3 heteroatoms. The minimum atomic E-state index is -0.352. The van der Waals surface area contributed by atoms with Gasteiger partial charge in [-0.15, -0.1) is 0 Å². The van der Waals surface area contributed by atoms with Crippen molar-refractivity contribution in [2.45, 2.75) is 40.2 Å². The van der Waals surface area contributed by atoms with Gasteiger partial charge >= 0.3 is 0 Å². The maximum Gasteiger partial charge on any atom is 0.166 e. The van der Waals surface area contributed by atoms with Crippen molar-refractivity contribution < 1.29 is 9.53 Å². The fraction of sp³-hybridized carbons (Fsp3) is 0.533. The second kappa shape index (κ2) is 6.48. The summed E-state index contributed by atoms with van der Waals surface area (Å²) in [5.41, 5.74) is 0.838. The van der Waals surface area contributed by atoms with Crippen LogP contribution in [0.2, 0.25) is 0 Å². The quantitative estimate of drug-likeness (QED) is 0.821. The number of ether oxygens (including phenoxy) is 1. The number of halogens is 1. The molecule has 0 spiro atoms. The Morgan fingerprint density at radius 2 is 1.94 bits per heavy atom. The van der Waals surface area contributed by atoms with Gasteiger partial charge in [0.25, 0.3) is 0 Å². The van der Waals surface area contributed by atoms with Gasteiger partial charge in [0.1, 0.15) is 6.10 Å². The molecule has 0 aliphatic rings. The van der Waals surface area contributed by atoms with Gasteiger partial charge in [0.2, 0.25) is 0 Å². The lowest BCUT2D eigenvalue weighted by atomic mass is 9.84. The highest BCUT2D eigenvalue weighted by atomic mass is 79.9. The molecule has 0 saturated carbocycles. The van der Waals surface area contributed by atoms with Crippen LogP contribution < -0.4 is 0 Å². The molecule has 1 atom stereocenters. The van der Waals surface area contributed by atoms with Crippen molar-refractivity contribution in [1.82, 2.24) is 0 Å². The first-order valence-corrected chi connectivity index (χ1v) is 7.03. The van der Waals surface area contributed by atoms with Crippen molar-refractivity contribution in [2.75, 3.05) is 6.61 Å². The molecule has 100 valence electrons. The minimum Gasteiger partial charge on any atom is -0.370 e. The van der Waals surface area contributed by atoms with Crippen LogP contribution in [-0.2, 0) is 16.0 Å². The summed E-state index contributed by atoms with van der Waals surface area (Å²) in [7, 11) is 0. The molecule has 0 aliphatic heterocycles. The summed E-state index contributed by atoms with van der Waals surface area (Å²) in [6.07, 6.45) is 0.0539. The van der Waals surface area contributed by atoms with Crippen molar-refractivity contribution in [3.8, 4) is 0 Å². The van der Waals surface area contributed by atoms with E-state index >= 15 is 0 Å². The molecular formula is C15H21BrO2. The first kappa shape index (κ1) is 15.4. The minimum absolute atomic E-state index is 0.135. The molecule has 1 rings (SSSR count). The monoisotopic (exact) mass is 312 g/mol. The Bertz CT molecular complexity index is 407. The molecule has 0 heterocycles. The van der Waals surface area contributed by atoms with Gasteiger partial charge in [-0.1, -0.05) is 54.9 Å². The molecule has 0 radical (unpaired) electrons. The SMILES string of the molecule is CCOC(C(=O)Cc1ccccc1Br)C(C)(C)C. The normalized spacial score (nSPS) is 13.4. The topological polar surface area (TPSA) is 26.3 Å². The number of rotatable bonds is 5. The molecule has 0 bridgehead atoms. The Morgan fingerprint density at radius 3 is 2.44 bits per heavy atom. The lowest BCUT2D eigenvalue weighted by Gasteiger charge is -2.29. The smallest absolute Gasteiger partial charge is 0.166 e. The van der Waals surface area contributed by atoms with E-state index in [9.17, 15) is 4.79 Å². The summed E-state index contributed by atoms with van der Waals surface area (Å²) >= 11 is 3.47. The summed E-state index contributed by atoms with van der Waals surface area (Å²) in [5.74, 6) is 0.135. The van der Waals surface area contributed by atoms with E-state index < -0.39 is 0 Å². The van der Waals surface area contributed by atoms with Gasteiger partial charge in [-0.3, -0.25) is 4.79 Å². The van der Waals surface area contributed by atoms with Gasteiger partial charge in [0.05, 0.1) is 0 Å². The highest BCUT2D eigenvalue weighted by molar-refractivity contribution is 9.10. The lowest BCUT2D eigenvalue weighted by Crippen LogP contribution is -2.38. The average Bonchev–Trinajstić information content (AvgIpc) is 2.27. The van der Waals surface area contributed by atoms with Gasteiger partial charge in [0.15, 0.2) is 5.78 Å². The van der Waals surface area contributed by atoms with E-state index in [1.165, 1.54) is 0 Å². The van der Waals surface area contributed by atoms with Crippen molar-refractivity contribution in [3.05, 3.63) is 34.3 Å². The maximum absolute atomic E-state index is 12.4. The van der Waals surface area contributed by atoms with Crippen LogP contribution in [0.4, 0.5) is 0 Å². The predicted molar refractivity (Wildman–Crippen MR) is 77.7 cm³/mol. The second-order valence-corrected chi connectivity index (χ2v) is 6.29. The Kier molecular flexibility index (Phi) is 5.54. The van der Waals surface area contributed by atoms with Gasteiger partial charge in [-0.05, 0) is 24.0 Å². The third-order valence-corrected chi connectivity index (χ3v) is 3.51. The van der Waals surface area contributed by atoms with Crippen molar-refractivity contribution in [2.24, 2.45) is 5.41 Å². The zero-order chi connectivity index (χ0) is 13.8. The van der Waals surface area contributed by atoms with Crippen LogP contribution in [0.15, 0.2) is 28.7 Å². The van der Waals surface area contributed by atoms with E-state index in [4.69, 9.17) is 4.74 Å². The average molecular weight is 313 g/mol. The van der Waals surface area contributed by atoms with Gasteiger partial charge in [0, 0.05) is 17.5 Å². The van der Waals surface area contributed by atoms with Gasteiger partial charge < -0.3 is 4.74 Å². The number of hydrogen-bond acceptors (Lipinski definition) is 2. The van der Waals surface area contributed by atoms with Crippen LogP contribution in [0.1, 0.15) is 33.3 Å². The van der Waals surface area contributed by atoms with Gasteiger partial charge in [-0.25, -0.2) is 0 Å². The Hall–Kier alpha value is -0.670. The highest BCUT2D eigenvalue weighted by Gasteiger charge is 2.31. The summed E-state index contributed by atoms with van der Waals surface area (Å²) in [6.45, 7) is 8.58. The molecular weight excluding hydrogens is 292 g/mol. The molecule has 18 heavy (non-hydrogen) atoms. The summed E-state index contributed by atoms with van der Waals surface area (Å²) < 4.78 is 6.59. The molecule has 0 saturated heterocycles. The molecule has 1 aromatic rings. The van der Waals surface area contributed by atoms with E-state index in [0.717, 1.165) is 10.0 Å². The van der Waals surface area contributed by atoms with Crippen LogP contribution in [0.3, 0.4) is 0 Å². The van der Waals surface area contributed by atoms with Crippen molar-refractivity contribution in [1.29, 1.82) is 0 Å². The molecule has 1 aromatic carbocycles. The first-order valence-electron chi connectivity index (χ1n) is 6.24. The lowest BCUT2D eigenvalue weighted by molar-refractivity contribution is -0.136. The van der Waals surface area contributed by atoms with Crippen LogP contribution in [0.5, 0.6) is 0 Å². The summed E-state index contributed by atoms with van der Waals surface area (Å²) in [4.78, 5) is 12.4. The molecule has 0 aliphatic carbocycles. The maximum atomic E-state index is 12.4. The van der Waals surface area contributed by atoms with E-state index in [-0.39, 0.29) is 17.3 Å². The molecule has 2 nitrogen and oxygen atoms in total. The second-order valence-electron chi connectivity index (χ2n) is 5.44. The molecule has 0 fully saturated rings. The predicted octanol–water partition coefficient (Wildman–Crippen LogP) is 4.01. The zero-order valence-corrected chi connectivity index (χ0v) is 13.1. The summed E-state index contributed by atoms with van der Waals surface area (Å²) in [5, 5.41) is 0. The molecule has 0 N–H and O–H groups in total. The molecule has 0 amide bonds. The first-order chi connectivity index (χ1) is 8.36. The van der Waals surface area contributed by atoms with Crippen LogP contribution in [0.25, 0.3) is 0 Å². The third-order valence-electron chi connectivity index (χ3n) is 2.73. The van der Waals surface area contributed by atoms with E-state index in [1.807, 2.05) is 52.0 Å². The Morgan fingerprint density at radius 1 is 1.33 bits per heavy atom. The number of benzene rings is 1. The van der Waals surface area contributed by atoms with Crippen LogP contribution >= 0.6 is 15.9 Å². The third kappa shape index (κ3) is 4.21. The summed E-state index contributed by atoms with van der Waals surface area (Å²) in [6, 6.07) is 7.81. The number of hydrogen-bond donors (Lipinski definition) is 0. The van der Waals surface area contributed by atoms with Crippen molar-refractivity contribution in [3.63, 3.8) is 0 Å². The number of ketones is 1. The van der Waals surface area contributed by atoms with E-state index in [1.54, 1.807) is 0 Å². The van der Waals surface area contributed by atoms with E-state index in [0.29, 0.717) is 13.0 Å². The van der Waals surface area contributed by atoms with Crippen molar-refractivity contribution >= 4 is 21.7 Å². The standard InChI is InChI=1S/C15H21BrO2/c1-5-18-14(15(2,3)4)13(17)10-11-8-6-7-9-12(11)16/h6-9,14H,5,10H2,1-4H3. The number of carbonyl (C=O) groups excluding carboxylic acids is 1. The largest absolute Gasteiger partial charge is 0.370 e. The molecule has 0 aromatic heterocycles. The number of Topliss-reactive ketones (excluding diaryl/α,β-unsaturated/α-hetero) is 1.